The minimum atomic E-state index is -0.886. The van der Waals surface area contributed by atoms with E-state index in [1.165, 1.54) is 0 Å². The predicted octanol–water partition coefficient (Wildman–Crippen LogP) is 7.04. The zero-order valence-corrected chi connectivity index (χ0v) is 21.6. The number of furan rings is 1. The van der Waals surface area contributed by atoms with E-state index in [2.05, 4.69) is 52.0 Å². The Morgan fingerprint density at radius 1 is 0.895 bits per heavy atom. The molecule has 0 bridgehead atoms. The fourth-order valence-electron chi connectivity index (χ4n) is 5.35. The third kappa shape index (κ3) is 4.57. The lowest BCUT2D eigenvalue weighted by Gasteiger charge is -2.31. The zero-order valence-electron chi connectivity index (χ0n) is 21.6. The van der Waals surface area contributed by atoms with Crippen molar-refractivity contribution in [1.82, 2.24) is 15.6 Å². The van der Waals surface area contributed by atoms with Gasteiger partial charge in [0.2, 0.25) is 5.91 Å². The molecule has 5 heteroatoms. The van der Waals surface area contributed by atoms with Crippen LogP contribution in [0.3, 0.4) is 0 Å². The number of para-hydroxylation sites is 2. The van der Waals surface area contributed by atoms with Crippen LogP contribution in [0.4, 0.5) is 0 Å². The molecule has 0 aliphatic heterocycles. The third-order valence-electron chi connectivity index (χ3n) is 7.49. The van der Waals surface area contributed by atoms with Crippen LogP contribution in [-0.4, -0.2) is 16.4 Å². The van der Waals surface area contributed by atoms with Gasteiger partial charge in [-0.05, 0) is 53.9 Å². The maximum Gasteiger partial charge on any atom is 0.240 e. The lowest BCUT2D eigenvalue weighted by atomic mass is 9.90. The second-order valence-corrected chi connectivity index (χ2v) is 10.2. The highest BCUT2D eigenvalue weighted by molar-refractivity contribution is 5.90. The van der Waals surface area contributed by atoms with Gasteiger partial charge in [-0.15, -0.1) is 0 Å². The summed E-state index contributed by atoms with van der Waals surface area (Å²) in [7, 11) is 0. The Morgan fingerprint density at radius 3 is 2.45 bits per heavy atom. The zero-order chi connectivity index (χ0) is 26.1. The van der Waals surface area contributed by atoms with Crippen LogP contribution in [0.15, 0.2) is 108 Å². The maximum atomic E-state index is 14.0. The normalized spacial score (nSPS) is 14.1. The van der Waals surface area contributed by atoms with E-state index in [0.29, 0.717) is 13.0 Å². The number of H-pyrrole nitrogens is 1. The standard InChI is InChI=1S/C33H31N3O2/c1-22(27-15-9-12-23-10-3-5-13-28(23)27)36-32(37)33(2,19-25-20-34-30-16-7-6-14-29(25)30)35-21-26-18-24-11-4-8-17-31(24)38-26/h3-18,20,22,34-35H,19,21H2,1-2H3,(H,36,37). The second-order valence-electron chi connectivity index (χ2n) is 10.2. The number of aromatic amines is 1. The summed E-state index contributed by atoms with van der Waals surface area (Å²) in [6.45, 7) is 4.46. The number of benzene rings is 4. The van der Waals surface area contributed by atoms with E-state index >= 15 is 0 Å². The van der Waals surface area contributed by atoms with E-state index in [0.717, 1.165) is 49.5 Å². The van der Waals surface area contributed by atoms with Crippen molar-refractivity contribution in [3.8, 4) is 0 Å². The van der Waals surface area contributed by atoms with Gasteiger partial charge in [0.1, 0.15) is 11.3 Å². The molecule has 0 aliphatic rings. The average molecular weight is 502 g/mol. The smallest absolute Gasteiger partial charge is 0.240 e. The summed E-state index contributed by atoms with van der Waals surface area (Å²) >= 11 is 0. The minimum absolute atomic E-state index is 0.0562. The second kappa shape index (κ2) is 9.84. The van der Waals surface area contributed by atoms with Crippen molar-refractivity contribution >= 4 is 38.6 Å². The number of amides is 1. The van der Waals surface area contributed by atoms with Crippen LogP contribution in [-0.2, 0) is 17.8 Å². The quantitative estimate of drug-likeness (QED) is 0.210. The summed E-state index contributed by atoms with van der Waals surface area (Å²) in [6, 6.07) is 32.5. The van der Waals surface area contributed by atoms with E-state index in [1.807, 2.05) is 80.7 Å². The Hall–Kier alpha value is -4.35. The molecule has 0 spiro atoms. The molecule has 6 aromatic rings. The number of hydrogen-bond acceptors (Lipinski definition) is 3. The topological polar surface area (TPSA) is 70.1 Å². The van der Waals surface area contributed by atoms with Crippen molar-refractivity contribution in [2.75, 3.05) is 0 Å². The first-order valence-corrected chi connectivity index (χ1v) is 13.1. The first-order valence-electron chi connectivity index (χ1n) is 13.1. The predicted molar refractivity (Wildman–Crippen MR) is 154 cm³/mol. The Labute approximate surface area is 221 Å². The van der Waals surface area contributed by atoms with Crippen LogP contribution >= 0.6 is 0 Å². The molecule has 2 heterocycles. The fourth-order valence-corrected chi connectivity index (χ4v) is 5.35. The van der Waals surface area contributed by atoms with Gasteiger partial charge in [-0.1, -0.05) is 78.9 Å². The first kappa shape index (κ1) is 24.0. The molecular formula is C33H31N3O2. The van der Waals surface area contributed by atoms with E-state index in [9.17, 15) is 4.79 Å². The van der Waals surface area contributed by atoms with Crippen molar-refractivity contribution in [2.45, 2.75) is 38.4 Å². The van der Waals surface area contributed by atoms with Crippen molar-refractivity contribution < 1.29 is 9.21 Å². The molecule has 190 valence electrons. The summed E-state index contributed by atoms with van der Waals surface area (Å²) in [6.07, 6.45) is 2.53. The lowest BCUT2D eigenvalue weighted by molar-refractivity contribution is -0.127. The largest absolute Gasteiger partial charge is 0.460 e. The number of carbonyl (C=O) groups excluding carboxylic acids is 1. The van der Waals surface area contributed by atoms with Gasteiger partial charge in [0.15, 0.2) is 0 Å². The van der Waals surface area contributed by atoms with Crippen LogP contribution in [0, 0.1) is 0 Å². The van der Waals surface area contributed by atoms with Crippen LogP contribution in [0.2, 0.25) is 0 Å². The summed E-state index contributed by atoms with van der Waals surface area (Å²) in [5, 5.41) is 11.3. The molecule has 38 heavy (non-hydrogen) atoms. The van der Waals surface area contributed by atoms with E-state index < -0.39 is 5.54 Å². The van der Waals surface area contributed by atoms with Crippen molar-refractivity contribution in [2.24, 2.45) is 0 Å². The van der Waals surface area contributed by atoms with Gasteiger partial charge < -0.3 is 14.7 Å². The first-order chi connectivity index (χ1) is 18.5. The van der Waals surface area contributed by atoms with Gasteiger partial charge in [0.05, 0.1) is 18.1 Å². The number of hydrogen-bond donors (Lipinski definition) is 3. The monoisotopic (exact) mass is 501 g/mol. The van der Waals surface area contributed by atoms with Crippen molar-refractivity contribution in [3.63, 3.8) is 0 Å². The minimum Gasteiger partial charge on any atom is -0.460 e. The van der Waals surface area contributed by atoms with Crippen molar-refractivity contribution in [3.05, 3.63) is 120 Å². The van der Waals surface area contributed by atoms with Gasteiger partial charge in [0, 0.05) is 28.9 Å². The van der Waals surface area contributed by atoms with Gasteiger partial charge in [0.25, 0.3) is 0 Å². The Kier molecular flexibility index (Phi) is 6.22. The number of aromatic nitrogens is 1. The van der Waals surface area contributed by atoms with Crippen LogP contribution in [0.5, 0.6) is 0 Å². The highest BCUT2D eigenvalue weighted by Crippen LogP contribution is 2.27. The molecule has 0 saturated heterocycles. The molecule has 0 radical (unpaired) electrons. The highest BCUT2D eigenvalue weighted by atomic mass is 16.3. The molecule has 2 unspecified atom stereocenters. The average Bonchev–Trinajstić information content (AvgIpc) is 3.55. The lowest BCUT2D eigenvalue weighted by Crippen LogP contribution is -2.56. The number of fused-ring (bicyclic) bond motifs is 3. The Morgan fingerprint density at radius 2 is 1.61 bits per heavy atom. The number of rotatable bonds is 8. The third-order valence-corrected chi connectivity index (χ3v) is 7.49. The van der Waals surface area contributed by atoms with E-state index in [-0.39, 0.29) is 11.9 Å². The summed E-state index contributed by atoms with van der Waals surface area (Å²) in [5.41, 5.74) is 3.21. The summed E-state index contributed by atoms with van der Waals surface area (Å²) < 4.78 is 6.05. The fraction of sp³-hybridized carbons (Fsp3) is 0.182. The molecular weight excluding hydrogens is 470 g/mol. The molecule has 0 aliphatic carbocycles. The van der Waals surface area contributed by atoms with E-state index in [1.54, 1.807) is 0 Å². The molecule has 4 aromatic carbocycles. The van der Waals surface area contributed by atoms with Crippen molar-refractivity contribution in [1.29, 1.82) is 0 Å². The highest BCUT2D eigenvalue weighted by Gasteiger charge is 2.35. The SMILES string of the molecule is CC(NC(=O)C(C)(Cc1c[nH]c2ccccc12)NCc1cc2ccccc2o1)c1cccc2ccccc12. The molecule has 2 atom stereocenters. The molecule has 0 fully saturated rings. The van der Waals surface area contributed by atoms with Gasteiger partial charge in [-0.2, -0.15) is 0 Å². The maximum absolute atomic E-state index is 14.0. The molecule has 0 saturated carbocycles. The molecule has 5 nitrogen and oxygen atoms in total. The van der Waals surface area contributed by atoms with Gasteiger partial charge >= 0.3 is 0 Å². The molecule has 1 amide bonds. The molecule has 2 aromatic heterocycles. The number of carbonyl (C=O) groups is 1. The van der Waals surface area contributed by atoms with Crippen LogP contribution in [0.1, 0.15) is 36.8 Å². The van der Waals surface area contributed by atoms with Crippen LogP contribution < -0.4 is 10.6 Å². The molecule has 6 rings (SSSR count). The number of nitrogens with one attached hydrogen (secondary N) is 3. The van der Waals surface area contributed by atoms with Crippen LogP contribution in [0.25, 0.3) is 32.6 Å². The van der Waals surface area contributed by atoms with Gasteiger partial charge in [-0.3, -0.25) is 10.1 Å². The Bertz CT molecular complexity index is 1710. The van der Waals surface area contributed by atoms with E-state index in [4.69, 9.17) is 4.42 Å². The Balaban J connectivity index is 1.30. The summed E-state index contributed by atoms with van der Waals surface area (Å²) in [4.78, 5) is 17.4. The summed E-state index contributed by atoms with van der Waals surface area (Å²) in [5.74, 6) is 0.741. The molecule has 3 N–H and O–H groups in total. The van der Waals surface area contributed by atoms with Gasteiger partial charge in [-0.25, -0.2) is 0 Å².